The first-order chi connectivity index (χ1) is 12.0. The second-order valence-corrected chi connectivity index (χ2v) is 6.80. The fourth-order valence-electron chi connectivity index (χ4n) is 2.98. The molecule has 0 unspecified atom stereocenters. The van der Waals surface area contributed by atoms with Crippen molar-refractivity contribution in [1.29, 1.82) is 0 Å². The van der Waals surface area contributed by atoms with Crippen LogP contribution in [0.1, 0.15) is 45.1 Å². The van der Waals surface area contributed by atoms with Gasteiger partial charge in [-0.1, -0.05) is 12.8 Å². The zero-order chi connectivity index (χ0) is 18.2. The largest absolute Gasteiger partial charge is 0.491 e. The molecule has 3 amide bonds. The van der Waals surface area contributed by atoms with Crippen molar-refractivity contribution < 1.29 is 14.3 Å². The van der Waals surface area contributed by atoms with Crippen LogP contribution in [0.5, 0.6) is 5.75 Å². The normalized spacial score (nSPS) is 14.4. The lowest BCUT2D eigenvalue weighted by Gasteiger charge is -2.14. The second kappa shape index (κ2) is 9.30. The number of ether oxygens (including phenoxy) is 1. The molecule has 1 aliphatic carbocycles. The second-order valence-electron chi connectivity index (χ2n) is 6.80. The molecule has 6 nitrogen and oxygen atoms in total. The van der Waals surface area contributed by atoms with Gasteiger partial charge in [0.1, 0.15) is 5.75 Å². The summed E-state index contributed by atoms with van der Waals surface area (Å²) in [6.07, 6.45) is 4.35. The molecular formula is C19H29N3O3. The van der Waals surface area contributed by atoms with E-state index in [1.54, 1.807) is 0 Å². The third kappa shape index (κ3) is 6.29. The number of anilines is 1. The van der Waals surface area contributed by atoms with Crippen molar-refractivity contribution in [1.82, 2.24) is 10.6 Å². The van der Waals surface area contributed by atoms with Gasteiger partial charge >= 0.3 is 6.03 Å². The molecule has 0 bridgehead atoms. The molecule has 0 aromatic heterocycles. The Morgan fingerprint density at radius 1 is 1.16 bits per heavy atom. The smallest absolute Gasteiger partial charge is 0.319 e. The first-order valence-corrected chi connectivity index (χ1v) is 9.05. The van der Waals surface area contributed by atoms with Crippen molar-refractivity contribution in [3.05, 3.63) is 23.8 Å². The monoisotopic (exact) mass is 347 g/mol. The molecule has 3 N–H and O–H groups in total. The Labute approximate surface area is 149 Å². The molecule has 1 aromatic carbocycles. The molecule has 0 aliphatic heterocycles. The quantitative estimate of drug-likeness (QED) is 0.663. The van der Waals surface area contributed by atoms with E-state index in [0.29, 0.717) is 13.1 Å². The molecule has 1 saturated carbocycles. The average Bonchev–Trinajstić information content (AvgIpc) is 3.08. The van der Waals surface area contributed by atoms with E-state index < -0.39 is 0 Å². The van der Waals surface area contributed by atoms with Gasteiger partial charge in [0, 0.05) is 24.7 Å². The summed E-state index contributed by atoms with van der Waals surface area (Å²) in [5, 5.41) is 8.45. The lowest BCUT2D eigenvalue weighted by atomic mass is 10.1. The number of nitrogens with one attached hydrogen (secondary N) is 3. The number of benzene rings is 1. The van der Waals surface area contributed by atoms with Crippen molar-refractivity contribution in [3.63, 3.8) is 0 Å². The fourth-order valence-corrected chi connectivity index (χ4v) is 2.98. The van der Waals surface area contributed by atoms with Gasteiger partial charge in [0.2, 0.25) is 5.91 Å². The number of hydrogen-bond donors (Lipinski definition) is 3. The minimum atomic E-state index is -0.282. The van der Waals surface area contributed by atoms with E-state index >= 15 is 0 Å². The Kier molecular flexibility index (Phi) is 7.10. The fraction of sp³-hybridized carbons (Fsp3) is 0.579. The van der Waals surface area contributed by atoms with E-state index in [1.165, 1.54) is 0 Å². The number of carbonyl (C=O) groups is 2. The summed E-state index contributed by atoms with van der Waals surface area (Å²) in [5.74, 6) is 1.05. The lowest BCUT2D eigenvalue weighted by molar-refractivity contribution is -0.124. The SMILES string of the molecule is Cc1cc(OC(C)C)ccc1NC(=O)NCCNC(=O)C1CCCC1. The lowest BCUT2D eigenvalue weighted by Crippen LogP contribution is -2.38. The van der Waals surface area contributed by atoms with E-state index in [4.69, 9.17) is 4.74 Å². The minimum Gasteiger partial charge on any atom is -0.491 e. The summed E-state index contributed by atoms with van der Waals surface area (Å²) in [4.78, 5) is 23.8. The number of rotatable bonds is 7. The van der Waals surface area contributed by atoms with Gasteiger partial charge in [-0.3, -0.25) is 4.79 Å². The Bertz CT molecular complexity index is 596. The zero-order valence-corrected chi connectivity index (χ0v) is 15.4. The number of aryl methyl sites for hydroxylation is 1. The van der Waals surface area contributed by atoms with E-state index in [1.807, 2.05) is 39.0 Å². The summed E-state index contributed by atoms with van der Waals surface area (Å²) in [7, 11) is 0. The third-order valence-electron chi connectivity index (χ3n) is 4.25. The van der Waals surface area contributed by atoms with E-state index in [9.17, 15) is 9.59 Å². The van der Waals surface area contributed by atoms with Crippen molar-refractivity contribution in [2.75, 3.05) is 18.4 Å². The first kappa shape index (κ1) is 19.1. The Hall–Kier alpha value is -2.24. The number of amides is 3. The van der Waals surface area contributed by atoms with Gasteiger partial charge in [-0.2, -0.15) is 0 Å². The van der Waals surface area contributed by atoms with Gasteiger partial charge in [0.05, 0.1) is 6.10 Å². The highest BCUT2D eigenvalue weighted by Crippen LogP contribution is 2.24. The van der Waals surface area contributed by atoms with Crippen LogP contribution in [0.15, 0.2) is 18.2 Å². The number of urea groups is 1. The maximum absolute atomic E-state index is 12.0. The molecular weight excluding hydrogens is 318 g/mol. The Balaban J connectivity index is 1.70. The highest BCUT2D eigenvalue weighted by atomic mass is 16.5. The maximum Gasteiger partial charge on any atom is 0.319 e. The molecule has 6 heteroatoms. The molecule has 1 aromatic rings. The van der Waals surface area contributed by atoms with Crippen LogP contribution >= 0.6 is 0 Å². The van der Waals surface area contributed by atoms with Crippen LogP contribution in [0.2, 0.25) is 0 Å². The van der Waals surface area contributed by atoms with Crippen LogP contribution in [0, 0.1) is 12.8 Å². The Morgan fingerprint density at radius 3 is 2.48 bits per heavy atom. The number of carbonyl (C=O) groups excluding carboxylic acids is 2. The molecule has 1 fully saturated rings. The van der Waals surface area contributed by atoms with Crippen LogP contribution in [-0.2, 0) is 4.79 Å². The van der Waals surface area contributed by atoms with Crippen LogP contribution < -0.4 is 20.7 Å². The van der Waals surface area contributed by atoms with E-state index in [2.05, 4.69) is 16.0 Å². The van der Waals surface area contributed by atoms with E-state index in [0.717, 1.165) is 42.7 Å². The Morgan fingerprint density at radius 2 is 1.84 bits per heavy atom. The molecule has 0 atom stereocenters. The molecule has 0 spiro atoms. The third-order valence-corrected chi connectivity index (χ3v) is 4.25. The van der Waals surface area contributed by atoms with Crippen LogP contribution in [0.3, 0.4) is 0 Å². The van der Waals surface area contributed by atoms with Crippen LogP contribution in [0.4, 0.5) is 10.5 Å². The average molecular weight is 347 g/mol. The summed E-state index contributed by atoms with van der Waals surface area (Å²) >= 11 is 0. The van der Waals surface area contributed by atoms with Gasteiger partial charge in [-0.15, -0.1) is 0 Å². The summed E-state index contributed by atoms with van der Waals surface area (Å²) in [6.45, 7) is 6.71. The van der Waals surface area contributed by atoms with Crippen molar-refractivity contribution in [3.8, 4) is 5.75 Å². The van der Waals surface area contributed by atoms with Crippen LogP contribution in [-0.4, -0.2) is 31.1 Å². The molecule has 0 saturated heterocycles. The summed E-state index contributed by atoms with van der Waals surface area (Å²) in [5.41, 5.74) is 1.67. The van der Waals surface area contributed by atoms with Crippen molar-refractivity contribution in [2.24, 2.45) is 5.92 Å². The predicted molar refractivity (Wildman–Crippen MR) is 98.9 cm³/mol. The standard InChI is InChI=1S/C19H29N3O3/c1-13(2)25-16-8-9-17(14(3)12-16)22-19(24)21-11-10-20-18(23)15-6-4-5-7-15/h8-9,12-13,15H,4-7,10-11H2,1-3H3,(H,20,23)(H2,21,22,24). The molecule has 0 radical (unpaired) electrons. The molecule has 2 rings (SSSR count). The molecule has 138 valence electrons. The van der Waals surface area contributed by atoms with Crippen LogP contribution in [0.25, 0.3) is 0 Å². The summed E-state index contributed by atoms with van der Waals surface area (Å²) < 4.78 is 5.63. The minimum absolute atomic E-state index is 0.108. The number of hydrogen-bond acceptors (Lipinski definition) is 3. The maximum atomic E-state index is 12.0. The first-order valence-electron chi connectivity index (χ1n) is 9.05. The summed E-state index contributed by atoms with van der Waals surface area (Å²) in [6, 6.07) is 5.28. The van der Waals surface area contributed by atoms with E-state index in [-0.39, 0.29) is 24.0 Å². The van der Waals surface area contributed by atoms with Gasteiger partial charge in [0.15, 0.2) is 0 Å². The topological polar surface area (TPSA) is 79.5 Å². The molecule has 1 aliphatic rings. The van der Waals surface area contributed by atoms with Gasteiger partial charge in [-0.05, 0) is 57.4 Å². The zero-order valence-electron chi connectivity index (χ0n) is 15.4. The highest BCUT2D eigenvalue weighted by molar-refractivity contribution is 5.90. The van der Waals surface area contributed by atoms with Gasteiger partial charge in [-0.25, -0.2) is 4.79 Å². The van der Waals surface area contributed by atoms with Gasteiger partial charge < -0.3 is 20.7 Å². The van der Waals surface area contributed by atoms with Crippen molar-refractivity contribution >= 4 is 17.6 Å². The van der Waals surface area contributed by atoms with Crippen molar-refractivity contribution in [2.45, 2.75) is 52.6 Å². The highest BCUT2D eigenvalue weighted by Gasteiger charge is 2.21. The molecule has 0 heterocycles. The van der Waals surface area contributed by atoms with Gasteiger partial charge in [0.25, 0.3) is 0 Å². The predicted octanol–water partition coefficient (Wildman–Crippen LogP) is 3.21. The molecule has 25 heavy (non-hydrogen) atoms.